The summed E-state index contributed by atoms with van der Waals surface area (Å²) in [6.07, 6.45) is 3.56. The van der Waals surface area contributed by atoms with E-state index < -0.39 is 0 Å². The number of rotatable bonds is 7. The number of nitrogens with zero attached hydrogens (tertiary/aromatic N) is 3. The predicted octanol–water partition coefficient (Wildman–Crippen LogP) is 2.70. The number of hydrogen-bond donors (Lipinski definition) is 1. The third-order valence-corrected chi connectivity index (χ3v) is 3.14. The Kier molecular flexibility index (Phi) is 5.78. The second kappa shape index (κ2) is 8.01. The van der Waals surface area contributed by atoms with Gasteiger partial charge in [-0.05, 0) is 26.2 Å². The minimum atomic E-state index is 0.253. The van der Waals surface area contributed by atoms with E-state index in [1.807, 2.05) is 55.4 Å². The lowest BCUT2D eigenvalue weighted by molar-refractivity contribution is 0.414. The van der Waals surface area contributed by atoms with Crippen molar-refractivity contribution in [2.45, 2.75) is 0 Å². The standard InChI is InChI=1S/C17H20N4O2/c1-21(2)11-10-19-17-14(12-18)20-16(23-17)9-8-13-6-4-5-7-15(13)22-3/h4-9,19H,10-11H2,1-3H3/b9-8+. The van der Waals surface area contributed by atoms with Crippen LogP contribution in [-0.4, -0.2) is 44.2 Å². The molecule has 120 valence electrons. The van der Waals surface area contributed by atoms with Crippen LogP contribution in [0.5, 0.6) is 5.75 Å². The second-order valence-electron chi connectivity index (χ2n) is 5.15. The van der Waals surface area contributed by atoms with Crippen molar-refractivity contribution in [3.63, 3.8) is 0 Å². The van der Waals surface area contributed by atoms with Crippen LogP contribution in [0.4, 0.5) is 5.88 Å². The summed E-state index contributed by atoms with van der Waals surface area (Å²) in [7, 11) is 5.59. The molecule has 0 aliphatic heterocycles. The summed E-state index contributed by atoms with van der Waals surface area (Å²) in [6, 6.07) is 9.67. The number of likely N-dealkylation sites (N-methyl/N-ethyl adjacent to an activating group) is 1. The molecule has 0 fully saturated rings. The van der Waals surface area contributed by atoms with Gasteiger partial charge >= 0.3 is 0 Å². The van der Waals surface area contributed by atoms with Crippen LogP contribution in [0.3, 0.4) is 0 Å². The number of methoxy groups -OCH3 is 1. The van der Waals surface area contributed by atoms with Gasteiger partial charge in [-0.15, -0.1) is 0 Å². The fourth-order valence-corrected chi connectivity index (χ4v) is 1.96. The SMILES string of the molecule is COc1ccccc1/C=C/c1nc(C#N)c(NCCN(C)C)o1. The Hall–Kier alpha value is -2.78. The third-order valence-electron chi connectivity index (χ3n) is 3.14. The van der Waals surface area contributed by atoms with E-state index in [0.29, 0.717) is 18.3 Å². The van der Waals surface area contributed by atoms with Gasteiger partial charge < -0.3 is 19.4 Å². The van der Waals surface area contributed by atoms with Gasteiger partial charge in [0, 0.05) is 24.7 Å². The first-order valence-electron chi connectivity index (χ1n) is 7.24. The Morgan fingerprint density at radius 3 is 2.83 bits per heavy atom. The van der Waals surface area contributed by atoms with Crippen molar-refractivity contribution < 1.29 is 9.15 Å². The molecule has 0 bridgehead atoms. The number of ether oxygens (including phenoxy) is 1. The molecule has 0 amide bonds. The molecule has 0 saturated heterocycles. The van der Waals surface area contributed by atoms with Crippen molar-refractivity contribution in [3.05, 3.63) is 41.4 Å². The zero-order valence-electron chi connectivity index (χ0n) is 13.5. The van der Waals surface area contributed by atoms with Gasteiger partial charge in [-0.1, -0.05) is 18.2 Å². The number of benzene rings is 1. The lowest BCUT2D eigenvalue weighted by Crippen LogP contribution is -2.20. The zero-order valence-corrected chi connectivity index (χ0v) is 13.5. The summed E-state index contributed by atoms with van der Waals surface area (Å²) in [5.74, 6) is 1.54. The Morgan fingerprint density at radius 2 is 2.13 bits per heavy atom. The van der Waals surface area contributed by atoms with Crippen LogP contribution < -0.4 is 10.1 Å². The fourth-order valence-electron chi connectivity index (χ4n) is 1.96. The van der Waals surface area contributed by atoms with Gasteiger partial charge in [0.25, 0.3) is 0 Å². The number of aromatic nitrogens is 1. The molecule has 0 spiro atoms. The van der Waals surface area contributed by atoms with Crippen molar-refractivity contribution in [2.24, 2.45) is 0 Å². The first-order chi connectivity index (χ1) is 11.1. The van der Waals surface area contributed by atoms with Crippen molar-refractivity contribution in [1.82, 2.24) is 9.88 Å². The summed E-state index contributed by atoms with van der Waals surface area (Å²) in [5.41, 5.74) is 1.16. The third kappa shape index (κ3) is 4.59. The molecule has 0 atom stereocenters. The largest absolute Gasteiger partial charge is 0.496 e. The molecule has 1 N–H and O–H groups in total. The summed E-state index contributed by atoms with van der Waals surface area (Å²) in [6.45, 7) is 1.50. The van der Waals surface area contributed by atoms with Gasteiger partial charge in [0.2, 0.25) is 17.5 Å². The van der Waals surface area contributed by atoms with Crippen LogP contribution >= 0.6 is 0 Å². The molecule has 0 aliphatic carbocycles. The molecule has 1 aromatic carbocycles. The second-order valence-corrected chi connectivity index (χ2v) is 5.15. The number of nitriles is 1. The lowest BCUT2D eigenvalue weighted by atomic mass is 10.2. The lowest BCUT2D eigenvalue weighted by Gasteiger charge is -2.09. The van der Waals surface area contributed by atoms with Crippen LogP contribution in [0.25, 0.3) is 12.2 Å². The summed E-state index contributed by atoms with van der Waals surface area (Å²) in [5, 5.41) is 12.2. The Labute approximate surface area is 136 Å². The van der Waals surface area contributed by atoms with Crippen molar-refractivity contribution in [2.75, 3.05) is 39.6 Å². The molecular formula is C17H20N4O2. The topological polar surface area (TPSA) is 74.3 Å². The van der Waals surface area contributed by atoms with Crippen LogP contribution in [0, 0.1) is 11.3 Å². The molecule has 23 heavy (non-hydrogen) atoms. The van der Waals surface area contributed by atoms with Crippen molar-refractivity contribution in [1.29, 1.82) is 5.26 Å². The number of oxazole rings is 1. The maximum Gasteiger partial charge on any atom is 0.232 e. The minimum absolute atomic E-state index is 0.253. The molecule has 6 nitrogen and oxygen atoms in total. The number of nitrogens with one attached hydrogen (secondary N) is 1. The summed E-state index contributed by atoms with van der Waals surface area (Å²) >= 11 is 0. The van der Waals surface area contributed by atoms with E-state index in [-0.39, 0.29) is 5.69 Å². The average molecular weight is 312 g/mol. The molecule has 2 rings (SSSR count). The van der Waals surface area contributed by atoms with Gasteiger partial charge in [0.1, 0.15) is 11.8 Å². The quantitative estimate of drug-likeness (QED) is 0.847. The van der Waals surface area contributed by atoms with Crippen molar-refractivity contribution >= 4 is 18.0 Å². The smallest absolute Gasteiger partial charge is 0.232 e. The molecule has 2 aromatic rings. The van der Waals surface area contributed by atoms with E-state index in [2.05, 4.69) is 10.3 Å². The maximum absolute atomic E-state index is 9.14. The molecule has 1 aromatic heterocycles. The highest BCUT2D eigenvalue weighted by Gasteiger charge is 2.11. The molecule has 6 heteroatoms. The zero-order chi connectivity index (χ0) is 16.7. The minimum Gasteiger partial charge on any atom is -0.496 e. The van der Waals surface area contributed by atoms with Crippen molar-refractivity contribution in [3.8, 4) is 11.8 Å². The Bertz CT molecular complexity index is 714. The van der Waals surface area contributed by atoms with E-state index in [9.17, 15) is 0 Å². The Morgan fingerprint density at radius 1 is 1.35 bits per heavy atom. The molecule has 1 heterocycles. The average Bonchev–Trinajstić information content (AvgIpc) is 2.95. The van der Waals surface area contributed by atoms with Gasteiger partial charge in [-0.25, -0.2) is 0 Å². The maximum atomic E-state index is 9.14. The normalized spacial score (nSPS) is 10.9. The number of para-hydroxylation sites is 1. The molecule has 0 aliphatic rings. The molecular weight excluding hydrogens is 292 g/mol. The summed E-state index contributed by atoms with van der Waals surface area (Å²) < 4.78 is 10.9. The first kappa shape index (κ1) is 16.6. The molecule has 0 unspecified atom stereocenters. The Balaban J connectivity index is 2.13. The highest BCUT2D eigenvalue weighted by atomic mass is 16.5. The van der Waals surface area contributed by atoms with Crippen LogP contribution in [0.1, 0.15) is 17.1 Å². The highest BCUT2D eigenvalue weighted by Crippen LogP contribution is 2.22. The van der Waals surface area contributed by atoms with Gasteiger partial charge in [-0.3, -0.25) is 0 Å². The van der Waals surface area contributed by atoms with Crippen LogP contribution in [0.2, 0.25) is 0 Å². The van der Waals surface area contributed by atoms with E-state index in [0.717, 1.165) is 17.9 Å². The van der Waals surface area contributed by atoms with E-state index in [4.69, 9.17) is 14.4 Å². The molecule has 0 radical (unpaired) electrons. The monoisotopic (exact) mass is 312 g/mol. The van der Waals surface area contributed by atoms with Gasteiger partial charge in [0.15, 0.2) is 0 Å². The van der Waals surface area contributed by atoms with E-state index in [1.54, 1.807) is 13.2 Å². The van der Waals surface area contributed by atoms with Gasteiger partial charge in [-0.2, -0.15) is 10.2 Å². The number of hydrogen-bond acceptors (Lipinski definition) is 6. The first-order valence-corrected chi connectivity index (χ1v) is 7.24. The number of anilines is 1. The van der Waals surface area contributed by atoms with Gasteiger partial charge in [0.05, 0.1) is 7.11 Å². The predicted molar refractivity (Wildman–Crippen MR) is 90.2 cm³/mol. The van der Waals surface area contributed by atoms with E-state index in [1.165, 1.54) is 0 Å². The fraction of sp³-hybridized carbons (Fsp3) is 0.294. The highest BCUT2D eigenvalue weighted by molar-refractivity contribution is 5.70. The van der Waals surface area contributed by atoms with E-state index >= 15 is 0 Å². The van der Waals surface area contributed by atoms with Crippen LogP contribution in [0.15, 0.2) is 28.7 Å². The summed E-state index contributed by atoms with van der Waals surface area (Å²) in [4.78, 5) is 6.21. The molecule has 0 saturated carbocycles. The van der Waals surface area contributed by atoms with Crippen LogP contribution in [-0.2, 0) is 0 Å².